The SMILES string of the molecule is C/C=C(Cl)\C(=C(\Cl)CC)[C@@H](O)[C@@H](CC)OC(N)=O. The van der Waals surface area contributed by atoms with Crippen molar-refractivity contribution in [2.24, 2.45) is 5.73 Å². The molecule has 0 saturated carbocycles. The highest BCUT2D eigenvalue weighted by Crippen LogP contribution is 2.29. The number of carbonyl (C=O) groups is 1. The molecule has 0 radical (unpaired) electrons. The first-order valence-corrected chi connectivity index (χ1v) is 6.49. The molecule has 0 saturated heterocycles. The van der Waals surface area contributed by atoms with Crippen molar-refractivity contribution in [1.82, 2.24) is 0 Å². The van der Waals surface area contributed by atoms with Gasteiger partial charge in [0.1, 0.15) is 12.2 Å². The summed E-state index contributed by atoms with van der Waals surface area (Å²) < 4.78 is 4.84. The summed E-state index contributed by atoms with van der Waals surface area (Å²) in [6, 6.07) is 0. The number of primary amides is 1. The highest BCUT2D eigenvalue weighted by atomic mass is 35.5. The van der Waals surface area contributed by atoms with E-state index in [1.807, 2.05) is 6.92 Å². The molecule has 0 heterocycles. The van der Waals surface area contributed by atoms with E-state index in [1.54, 1.807) is 19.9 Å². The molecular formula is C12H19Cl2NO3. The topological polar surface area (TPSA) is 72.6 Å². The highest BCUT2D eigenvalue weighted by molar-refractivity contribution is 6.35. The normalized spacial score (nSPS) is 16.9. The van der Waals surface area contributed by atoms with Gasteiger partial charge in [0.25, 0.3) is 0 Å². The molecule has 0 bridgehead atoms. The number of amides is 1. The van der Waals surface area contributed by atoms with Gasteiger partial charge in [-0.05, 0) is 19.8 Å². The standard InChI is InChI=1S/C12H19Cl2NO3/c1-4-7(13)10(8(14)5-2)11(16)9(6-3)18-12(15)17/h4,9,11,16H,5-6H2,1-3H3,(H2,15,17)/b7-4+,10-8-/t9-,11+/m1/s1. The fraction of sp³-hybridized carbons (Fsp3) is 0.583. The van der Waals surface area contributed by atoms with Gasteiger partial charge in [0, 0.05) is 15.6 Å². The lowest BCUT2D eigenvalue weighted by Gasteiger charge is -2.24. The summed E-state index contributed by atoms with van der Waals surface area (Å²) in [4.78, 5) is 10.8. The maximum absolute atomic E-state index is 10.8. The Kier molecular flexibility index (Phi) is 8.07. The number of rotatable bonds is 6. The Morgan fingerprint density at radius 2 is 2.00 bits per heavy atom. The summed E-state index contributed by atoms with van der Waals surface area (Å²) in [6.07, 6.45) is -0.273. The first-order valence-electron chi connectivity index (χ1n) is 5.73. The Morgan fingerprint density at radius 1 is 1.44 bits per heavy atom. The van der Waals surface area contributed by atoms with Crippen LogP contribution < -0.4 is 5.73 Å². The van der Waals surface area contributed by atoms with Crippen molar-refractivity contribution >= 4 is 29.3 Å². The second kappa shape index (κ2) is 8.40. The van der Waals surface area contributed by atoms with Crippen LogP contribution in [0.5, 0.6) is 0 Å². The van der Waals surface area contributed by atoms with Gasteiger partial charge in [-0.15, -0.1) is 0 Å². The van der Waals surface area contributed by atoms with Gasteiger partial charge in [0.05, 0.1) is 0 Å². The Bertz CT molecular complexity index is 353. The van der Waals surface area contributed by atoms with Crippen LogP contribution in [-0.4, -0.2) is 23.4 Å². The maximum atomic E-state index is 10.8. The molecule has 0 aliphatic rings. The van der Waals surface area contributed by atoms with E-state index < -0.39 is 18.3 Å². The van der Waals surface area contributed by atoms with Crippen molar-refractivity contribution in [2.45, 2.75) is 45.8 Å². The minimum Gasteiger partial charge on any atom is -0.443 e. The van der Waals surface area contributed by atoms with E-state index in [4.69, 9.17) is 33.7 Å². The van der Waals surface area contributed by atoms with Gasteiger partial charge in [-0.1, -0.05) is 43.1 Å². The molecule has 0 rings (SSSR count). The van der Waals surface area contributed by atoms with Crippen molar-refractivity contribution in [2.75, 3.05) is 0 Å². The van der Waals surface area contributed by atoms with Crippen LogP contribution in [0.15, 0.2) is 21.7 Å². The Balaban J connectivity index is 5.31. The molecule has 0 aromatic heterocycles. The van der Waals surface area contributed by atoms with E-state index >= 15 is 0 Å². The molecule has 4 nitrogen and oxygen atoms in total. The molecule has 0 aliphatic heterocycles. The lowest BCUT2D eigenvalue weighted by atomic mass is 10.0. The van der Waals surface area contributed by atoms with E-state index in [0.717, 1.165) is 0 Å². The van der Waals surface area contributed by atoms with Gasteiger partial charge in [-0.3, -0.25) is 0 Å². The second-order valence-corrected chi connectivity index (χ2v) is 4.50. The molecule has 0 fully saturated rings. The van der Waals surface area contributed by atoms with E-state index in [9.17, 15) is 9.90 Å². The summed E-state index contributed by atoms with van der Waals surface area (Å²) in [7, 11) is 0. The van der Waals surface area contributed by atoms with Crippen molar-refractivity contribution in [3.05, 3.63) is 21.7 Å². The monoisotopic (exact) mass is 295 g/mol. The van der Waals surface area contributed by atoms with Crippen LogP contribution in [0.2, 0.25) is 0 Å². The third-order valence-electron chi connectivity index (χ3n) is 2.43. The van der Waals surface area contributed by atoms with E-state index in [1.165, 1.54) is 0 Å². The molecular weight excluding hydrogens is 277 g/mol. The molecule has 0 aromatic rings. The van der Waals surface area contributed by atoms with Crippen LogP contribution in [0.4, 0.5) is 4.79 Å². The molecule has 0 unspecified atom stereocenters. The minimum atomic E-state index is -1.10. The quantitative estimate of drug-likeness (QED) is 0.739. The molecule has 0 aromatic carbocycles. The number of allylic oxidation sites excluding steroid dienone is 2. The van der Waals surface area contributed by atoms with E-state index in [2.05, 4.69) is 0 Å². The molecule has 0 spiro atoms. The third kappa shape index (κ3) is 4.88. The fourth-order valence-electron chi connectivity index (χ4n) is 1.48. The van der Waals surface area contributed by atoms with Crippen molar-refractivity contribution in [3.8, 4) is 0 Å². The third-order valence-corrected chi connectivity index (χ3v) is 3.32. The van der Waals surface area contributed by atoms with Crippen LogP contribution in [0, 0.1) is 0 Å². The first-order chi connectivity index (χ1) is 8.38. The Labute approximate surface area is 117 Å². The van der Waals surface area contributed by atoms with E-state index in [-0.39, 0.29) is 0 Å². The van der Waals surface area contributed by atoms with Crippen molar-refractivity contribution < 1.29 is 14.6 Å². The summed E-state index contributed by atoms with van der Waals surface area (Å²) >= 11 is 12.1. The molecule has 0 aliphatic carbocycles. The number of ether oxygens (including phenoxy) is 1. The number of aliphatic hydroxyl groups excluding tert-OH is 1. The zero-order valence-corrected chi connectivity index (χ0v) is 12.3. The average molecular weight is 296 g/mol. The van der Waals surface area contributed by atoms with Gasteiger partial charge in [-0.25, -0.2) is 4.79 Å². The molecule has 6 heteroatoms. The number of carbonyl (C=O) groups excluding carboxylic acids is 1. The van der Waals surface area contributed by atoms with Crippen LogP contribution in [-0.2, 0) is 4.74 Å². The largest absolute Gasteiger partial charge is 0.443 e. The van der Waals surface area contributed by atoms with E-state index in [0.29, 0.717) is 28.5 Å². The molecule has 18 heavy (non-hydrogen) atoms. The van der Waals surface area contributed by atoms with Gasteiger partial charge in [0.15, 0.2) is 0 Å². The molecule has 1 amide bonds. The van der Waals surface area contributed by atoms with Crippen LogP contribution in [0.3, 0.4) is 0 Å². The van der Waals surface area contributed by atoms with Gasteiger partial charge in [0.2, 0.25) is 0 Å². The number of halogens is 2. The van der Waals surface area contributed by atoms with Gasteiger partial charge in [-0.2, -0.15) is 0 Å². The number of aliphatic hydroxyl groups is 1. The van der Waals surface area contributed by atoms with Gasteiger partial charge >= 0.3 is 6.09 Å². The lowest BCUT2D eigenvalue weighted by Crippen LogP contribution is -2.34. The van der Waals surface area contributed by atoms with Crippen molar-refractivity contribution in [3.63, 3.8) is 0 Å². The predicted octanol–water partition coefficient (Wildman–Crippen LogP) is 3.27. The number of hydrogen-bond acceptors (Lipinski definition) is 3. The zero-order valence-electron chi connectivity index (χ0n) is 10.7. The number of nitrogens with two attached hydrogens (primary N) is 1. The lowest BCUT2D eigenvalue weighted by molar-refractivity contribution is 0.0236. The fourth-order valence-corrected chi connectivity index (χ4v) is 1.97. The summed E-state index contributed by atoms with van der Waals surface area (Å²) in [5.74, 6) is 0. The average Bonchev–Trinajstić information content (AvgIpc) is 2.34. The molecule has 3 N–H and O–H groups in total. The first kappa shape index (κ1) is 17.3. The summed E-state index contributed by atoms with van der Waals surface area (Å²) in [6.45, 7) is 5.33. The molecule has 2 atom stereocenters. The minimum absolute atomic E-state index is 0.334. The Hall–Kier alpha value is -0.710. The van der Waals surface area contributed by atoms with Crippen LogP contribution in [0.1, 0.15) is 33.6 Å². The summed E-state index contributed by atoms with van der Waals surface area (Å²) in [5.41, 5.74) is 5.33. The molecule has 104 valence electrons. The smallest absolute Gasteiger partial charge is 0.404 e. The van der Waals surface area contributed by atoms with Crippen LogP contribution in [0.25, 0.3) is 0 Å². The predicted molar refractivity (Wildman–Crippen MR) is 73.5 cm³/mol. The zero-order chi connectivity index (χ0) is 14.3. The van der Waals surface area contributed by atoms with Crippen LogP contribution >= 0.6 is 23.2 Å². The van der Waals surface area contributed by atoms with Gasteiger partial charge < -0.3 is 15.6 Å². The maximum Gasteiger partial charge on any atom is 0.404 e. The summed E-state index contributed by atoms with van der Waals surface area (Å²) in [5, 5.41) is 11.0. The number of hydrogen-bond donors (Lipinski definition) is 2. The Morgan fingerprint density at radius 3 is 2.33 bits per heavy atom. The second-order valence-electron chi connectivity index (χ2n) is 3.64. The van der Waals surface area contributed by atoms with Crippen molar-refractivity contribution in [1.29, 1.82) is 0 Å². The highest BCUT2D eigenvalue weighted by Gasteiger charge is 2.27.